The molecule has 42 heavy (non-hydrogen) atoms. The van der Waals surface area contributed by atoms with E-state index in [0.29, 0.717) is 32.5 Å². The third-order valence-electron chi connectivity index (χ3n) is 8.95. The summed E-state index contributed by atoms with van der Waals surface area (Å²) in [6.45, 7) is 12.1. The Morgan fingerprint density at radius 3 is 2.14 bits per heavy atom. The average Bonchev–Trinajstić information content (AvgIpc) is 2.95. The van der Waals surface area contributed by atoms with E-state index in [1.807, 2.05) is 62.1 Å². The lowest BCUT2D eigenvalue weighted by Crippen LogP contribution is -2.47. The fourth-order valence-corrected chi connectivity index (χ4v) is 6.62. The first-order valence-electron chi connectivity index (χ1n) is 15.4. The minimum absolute atomic E-state index is 0.0447. The number of amides is 1. The van der Waals surface area contributed by atoms with Gasteiger partial charge >= 0.3 is 5.97 Å². The van der Waals surface area contributed by atoms with Crippen LogP contribution < -0.4 is 9.47 Å². The number of carbonyl (C=O) groups excluding carboxylic acids is 1. The molecule has 1 aliphatic carbocycles. The second-order valence-corrected chi connectivity index (χ2v) is 13.8. The van der Waals surface area contributed by atoms with Crippen LogP contribution in [0.15, 0.2) is 48.5 Å². The quantitative estimate of drug-likeness (QED) is 0.326. The molecular weight excluding hydrogens is 530 g/mol. The third-order valence-corrected chi connectivity index (χ3v) is 8.95. The highest BCUT2D eigenvalue weighted by atomic mass is 16.5. The van der Waals surface area contributed by atoms with Gasteiger partial charge in [-0.1, -0.05) is 45.0 Å². The highest BCUT2D eigenvalue weighted by Crippen LogP contribution is 2.45. The summed E-state index contributed by atoms with van der Waals surface area (Å²) in [5, 5.41) is 9.25. The van der Waals surface area contributed by atoms with Gasteiger partial charge in [0.15, 0.2) is 0 Å². The molecule has 1 atom stereocenters. The molecule has 0 bridgehead atoms. The second kappa shape index (κ2) is 13.1. The number of carbonyl (C=O) groups is 2. The number of methoxy groups -OCH3 is 1. The Morgan fingerprint density at radius 1 is 0.976 bits per heavy atom. The molecule has 0 aromatic heterocycles. The van der Waals surface area contributed by atoms with Crippen molar-refractivity contribution in [2.45, 2.75) is 103 Å². The van der Waals surface area contributed by atoms with Crippen LogP contribution in [-0.4, -0.2) is 53.8 Å². The fourth-order valence-electron chi connectivity index (χ4n) is 6.62. The number of hydrogen-bond donors (Lipinski definition) is 1. The molecule has 1 saturated heterocycles. The summed E-state index contributed by atoms with van der Waals surface area (Å²) in [5.41, 5.74) is 1.46. The molecule has 1 saturated carbocycles. The molecule has 0 spiro atoms. The number of carboxylic acid groups (broad SMARTS) is 1. The topological polar surface area (TPSA) is 85.3 Å². The van der Waals surface area contributed by atoms with Crippen molar-refractivity contribution in [2.24, 2.45) is 11.3 Å². The Bertz CT molecular complexity index is 1190. The van der Waals surface area contributed by atoms with Gasteiger partial charge in [0, 0.05) is 30.5 Å². The monoisotopic (exact) mass is 579 g/mol. The van der Waals surface area contributed by atoms with E-state index in [4.69, 9.17) is 14.2 Å². The smallest absolute Gasteiger partial charge is 0.306 e. The molecule has 1 N–H and O–H groups in total. The molecular formula is C35H49NO6. The van der Waals surface area contributed by atoms with E-state index in [-0.39, 0.29) is 28.9 Å². The van der Waals surface area contributed by atoms with Crippen LogP contribution in [-0.2, 0) is 26.3 Å². The van der Waals surface area contributed by atoms with E-state index >= 15 is 0 Å². The van der Waals surface area contributed by atoms with Gasteiger partial charge in [0.25, 0.3) is 0 Å². The van der Waals surface area contributed by atoms with Crippen LogP contribution in [0.25, 0.3) is 0 Å². The van der Waals surface area contributed by atoms with Crippen LogP contribution in [0.5, 0.6) is 11.5 Å². The zero-order valence-electron chi connectivity index (χ0n) is 26.3. The van der Waals surface area contributed by atoms with E-state index in [0.717, 1.165) is 49.2 Å². The lowest BCUT2D eigenvalue weighted by molar-refractivity contribution is -0.143. The predicted molar refractivity (Wildman–Crippen MR) is 164 cm³/mol. The van der Waals surface area contributed by atoms with E-state index in [1.54, 1.807) is 7.11 Å². The molecule has 1 amide bonds. The van der Waals surface area contributed by atoms with E-state index in [1.165, 1.54) is 5.56 Å². The number of hydrogen-bond acceptors (Lipinski definition) is 5. The standard InChI is InChI=1S/C35H49NO6/c1-33(2,3)32(39)36(23-25-7-13-29(14-8-25)42-30-15-9-26(10-16-30)31(37)38)21-19-35(20-22-41-34(4,5)24-35)27-11-17-28(40-6)18-12-27/h7-8,11-14,17-18,26,30H,9-10,15-16,19-24H2,1-6H3,(H,37,38)/t26-,30-,35?. The number of nitrogens with zero attached hydrogens (tertiary/aromatic N) is 1. The largest absolute Gasteiger partial charge is 0.497 e. The zero-order chi connectivity index (χ0) is 30.5. The number of ether oxygens (including phenoxy) is 3. The van der Waals surface area contributed by atoms with Gasteiger partial charge in [-0.25, -0.2) is 0 Å². The minimum atomic E-state index is -0.706. The van der Waals surface area contributed by atoms with Crippen molar-refractivity contribution in [1.29, 1.82) is 0 Å². The first kappa shape index (κ1) is 31.9. The molecule has 0 radical (unpaired) electrons. The van der Waals surface area contributed by atoms with Gasteiger partial charge in [-0.3, -0.25) is 9.59 Å². The highest BCUT2D eigenvalue weighted by molar-refractivity contribution is 5.81. The highest BCUT2D eigenvalue weighted by Gasteiger charge is 2.43. The molecule has 1 aliphatic heterocycles. The molecule has 4 rings (SSSR count). The van der Waals surface area contributed by atoms with Crippen molar-refractivity contribution in [3.8, 4) is 11.5 Å². The normalized spacial score (nSPS) is 24.0. The van der Waals surface area contributed by atoms with Crippen molar-refractivity contribution >= 4 is 11.9 Å². The van der Waals surface area contributed by atoms with Gasteiger partial charge in [-0.05, 0) is 94.2 Å². The van der Waals surface area contributed by atoms with Crippen molar-refractivity contribution in [3.63, 3.8) is 0 Å². The molecule has 7 nitrogen and oxygen atoms in total. The van der Waals surface area contributed by atoms with Gasteiger partial charge in [0.2, 0.25) is 5.91 Å². The van der Waals surface area contributed by atoms with Gasteiger partial charge in [0.05, 0.1) is 24.7 Å². The molecule has 1 heterocycles. The van der Waals surface area contributed by atoms with Crippen molar-refractivity contribution in [3.05, 3.63) is 59.7 Å². The number of rotatable bonds is 10. The van der Waals surface area contributed by atoms with E-state index in [2.05, 4.69) is 26.0 Å². The lowest BCUT2D eigenvalue weighted by atomic mass is 9.67. The first-order chi connectivity index (χ1) is 19.8. The summed E-state index contributed by atoms with van der Waals surface area (Å²) in [4.78, 5) is 27.0. The lowest BCUT2D eigenvalue weighted by Gasteiger charge is -2.46. The Kier molecular flexibility index (Phi) is 9.92. The Hall–Kier alpha value is -3.06. The molecule has 2 fully saturated rings. The van der Waals surface area contributed by atoms with Crippen molar-refractivity contribution in [1.82, 2.24) is 4.90 Å². The molecule has 2 aromatic carbocycles. The van der Waals surface area contributed by atoms with Crippen LogP contribution in [0.1, 0.15) is 90.7 Å². The first-order valence-corrected chi connectivity index (χ1v) is 15.4. The molecule has 7 heteroatoms. The SMILES string of the molecule is COc1ccc(C2(CCN(Cc3ccc(O[C@H]4CC[C@H](C(=O)O)CC4)cc3)C(=O)C(C)(C)C)CCOC(C)(C)C2)cc1. The summed E-state index contributed by atoms with van der Waals surface area (Å²) < 4.78 is 17.7. The van der Waals surface area contributed by atoms with E-state index < -0.39 is 11.4 Å². The summed E-state index contributed by atoms with van der Waals surface area (Å²) in [6.07, 6.45) is 5.49. The average molecular weight is 580 g/mol. The summed E-state index contributed by atoms with van der Waals surface area (Å²) in [6, 6.07) is 16.4. The fraction of sp³-hybridized carbons (Fsp3) is 0.600. The minimum Gasteiger partial charge on any atom is -0.497 e. The Morgan fingerprint density at radius 2 is 1.60 bits per heavy atom. The Labute approximate surface area is 251 Å². The second-order valence-electron chi connectivity index (χ2n) is 13.8. The summed E-state index contributed by atoms with van der Waals surface area (Å²) >= 11 is 0. The van der Waals surface area contributed by atoms with Crippen LogP contribution in [0.4, 0.5) is 0 Å². The van der Waals surface area contributed by atoms with Crippen LogP contribution in [0.3, 0.4) is 0 Å². The van der Waals surface area contributed by atoms with Crippen LogP contribution in [0, 0.1) is 11.3 Å². The zero-order valence-corrected chi connectivity index (χ0v) is 26.3. The number of aliphatic carboxylic acids is 1. The number of benzene rings is 2. The molecule has 230 valence electrons. The summed E-state index contributed by atoms with van der Waals surface area (Å²) in [7, 11) is 1.68. The Balaban J connectivity index is 1.48. The van der Waals surface area contributed by atoms with Crippen LogP contribution >= 0.6 is 0 Å². The predicted octanol–water partition coefficient (Wildman–Crippen LogP) is 7.01. The van der Waals surface area contributed by atoms with Gasteiger partial charge in [-0.2, -0.15) is 0 Å². The number of carboxylic acids is 1. The van der Waals surface area contributed by atoms with Crippen molar-refractivity contribution < 1.29 is 28.9 Å². The molecule has 2 aromatic rings. The maximum absolute atomic E-state index is 13.7. The third kappa shape index (κ3) is 8.06. The summed E-state index contributed by atoms with van der Waals surface area (Å²) in [5.74, 6) is 0.797. The van der Waals surface area contributed by atoms with Gasteiger partial charge in [0.1, 0.15) is 11.5 Å². The molecule has 1 unspecified atom stereocenters. The van der Waals surface area contributed by atoms with Gasteiger partial charge in [-0.15, -0.1) is 0 Å². The maximum atomic E-state index is 13.7. The van der Waals surface area contributed by atoms with Crippen molar-refractivity contribution in [2.75, 3.05) is 20.3 Å². The maximum Gasteiger partial charge on any atom is 0.306 e. The van der Waals surface area contributed by atoms with Gasteiger partial charge < -0.3 is 24.2 Å². The van der Waals surface area contributed by atoms with E-state index in [9.17, 15) is 14.7 Å². The van der Waals surface area contributed by atoms with Crippen LogP contribution in [0.2, 0.25) is 0 Å². The molecule has 2 aliphatic rings.